The zero-order valence-corrected chi connectivity index (χ0v) is 10.8. The molecular formula is C15H15FN2O. The van der Waals surface area contributed by atoms with Crippen LogP contribution in [0.15, 0.2) is 36.4 Å². The quantitative estimate of drug-likeness (QED) is 0.812. The number of nitrogens with two attached hydrogens (primary N) is 1. The zero-order chi connectivity index (χ0) is 14.0. The van der Waals surface area contributed by atoms with Crippen molar-refractivity contribution >= 4 is 17.3 Å². The van der Waals surface area contributed by atoms with E-state index < -0.39 is 0 Å². The van der Waals surface area contributed by atoms with Crippen molar-refractivity contribution in [2.24, 2.45) is 0 Å². The van der Waals surface area contributed by atoms with Gasteiger partial charge in [0.1, 0.15) is 5.82 Å². The summed E-state index contributed by atoms with van der Waals surface area (Å²) in [5, 5.41) is 2.69. The largest absolute Gasteiger partial charge is 0.399 e. The monoisotopic (exact) mass is 258 g/mol. The van der Waals surface area contributed by atoms with E-state index in [4.69, 9.17) is 5.73 Å². The highest BCUT2D eigenvalue weighted by atomic mass is 19.1. The molecule has 2 rings (SSSR count). The van der Waals surface area contributed by atoms with Crippen LogP contribution in [0.2, 0.25) is 0 Å². The van der Waals surface area contributed by atoms with Gasteiger partial charge in [-0.2, -0.15) is 0 Å². The molecule has 0 aliphatic carbocycles. The lowest BCUT2D eigenvalue weighted by molar-refractivity contribution is 0.102. The number of rotatable bonds is 2. The second-order valence-corrected chi connectivity index (χ2v) is 4.55. The normalized spacial score (nSPS) is 10.3. The van der Waals surface area contributed by atoms with Crippen molar-refractivity contribution in [2.75, 3.05) is 11.1 Å². The number of nitrogens with one attached hydrogen (secondary N) is 1. The van der Waals surface area contributed by atoms with Crippen molar-refractivity contribution in [2.45, 2.75) is 13.8 Å². The minimum atomic E-state index is -0.385. The van der Waals surface area contributed by atoms with Gasteiger partial charge >= 0.3 is 0 Å². The molecule has 0 aromatic heterocycles. The maximum absolute atomic E-state index is 13.2. The molecule has 0 radical (unpaired) electrons. The Labute approximate surface area is 111 Å². The van der Waals surface area contributed by atoms with Crippen LogP contribution in [0, 0.1) is 19.7 Å². The molecule has 0 aliphatic heterocycles. The third-order valence-electron chi connectivity index (χ3n) is 2.81. The van der Waals surface area contributed by atoms with Crippen molar-refractivity contribution < 1.29 is 9.18 Å². The number of amides is 1. The number of hydrogen-bond donors (Lipinski definition) is 2. The van der Waals surface area contributed by atoms with Crippen molar-refractivity contribution in [1.29, 1.82) is 0 Å². The number of benzene rings is 2. The first kappa shape index (κ1) is 13.1. The van der Waals surface area contributed by atoms with Gasteiger partial charge in [0, 0.05) is 16.9 Å². The molecule has 0 saturated heterocycles. The van der Waals surface area contributed by atoms with E-state index in [1.165, 1.54) is 12.1 Å². The standard InChI is InChI=1S/C15H15FN2O/c1-9-5-11(7-13(17)6-9)15(19)18-14-8-12(16)4-3-10(14)2/h3-8H,17H2,1-2H3,(H,18,19). The van der Waals surface area contributed by atoms with Gasteiger partial charge in [0.15, 0.2) is 0 Å². The summed E-state index contributed by atoms with van der Waals surface area (Å²) in [5.74, 6) is -0.686. The van der Waals surface area contributed by atoms with E-state index in [1.54, 1.807) is 31.2 Å². The molecule has 0 unspecified atom stereocenters. The van der Waals surface area contributed by atoms with Crippen molar-refractivity contribution in [3.05, 3.63) is 58.9 Å². The fraction of sp³-hybridized carbons (Fsp3) is 0.133. The highest BCUT2D eigenvalue weighted by molar-refractivity contribution is 6.05. The third kappa shape index (κ3) is 3.10. The SMILES string of the molecule is Cc1cc(N)cc(C(=O)Nc2cc(F)ccc2C)c1. The van der Waals surface area contributed by atoms with E-state index in [-0.39, 0.29) is 11.7 Å². The molecule has 0 bridgehead atoms. The molecule has 0 aliphatic rings. The van der Waals surface area contributed by atoms with Gasteiger partial charge in [0.05, 0.1) is 0 Å². The van der Waals surface area contributed by atoms with Gasteiger partial charge in [0.25, 0.3) is 5.91 Å². The van der Waals surface area contributed by atoms with E-state index in [9.17, 15) is 9.18 Å². The van der Waals surface area contributed by atoms with E-state index in [1.807, 2.05) is 6.92 Å². The molecule has 19 heavy (non-hydrogen) atoms. The number of nitrogen functional groups attached to an aromatic ring is 1. The van der Waals surface area contributed by atoms with Gasteiger partial charge in [-0.1, -0.05) is 6.07 Å². The summed E-state index contributed by atoms with van der Waals surface area (Å²) >= 11 is 0. The predicted molar refractivity (Wildman–Crippen MR) is 74.7 cm³/mol. The van der Waals surface area contributed by atoms with Crippen LogP contribution in [0.4, 0.5) is 15.8 Å². The number of halogens is 1. The fourth-order valence-electron chi connectivity index (χ4n) is 1.87. The summed E-state index contributed by atoms with van der Waals surface area (Å²) in [5.41, 5.74) is 8.86. The summed E-state index contributed by atoms with van der Waals surface area (Å²) in [6.07, 6.45) is 0. The van der Waals surface area contributed by atoms with Gasteiger partial charge in [-0.3, -0.25) is 4.79 Å². The molecule has 3 N–H and O–H groups in total. The van der Waals surface area contributed by atoms with Gasteiger partial charge < -0.3 is 11.1 Å². The Morgan fingerprint density at radius 3 is 2.58 bits per heavy atom. The highest BCUT2D eigenvalue weighted by Gasteiger charge is 2.09. The van der Waals surface area contributed by atoms with Crippen LogP contribution in [0.3, 0.4) is 0 Å². The fourth-order valence-corrected chi connectivity index (χ4v) is 1.87. The summed E-state index contributed by atoms with van der Waals surface area (Å²) < 4.78 is 13.2. The number of carbonyl (C=O) groups excluding carboxylic acids is 1. The molecule has 2 aromatic rings. The van der Waals surface area contributed by atoms with Crippen LogP contribution in [0.5, 0.6) is 0 Å². The van der Waals surface area contributed by atoms with Crippen LogP contribution in [-0.2, 0) is 0 Å². The Morgan fingerprint density at radius 2 is 1.89 bits per heavy atom. The summed E-state index contributed by atoms with van der Waals surface area (Å²) in [6, 6.07) is 9.39. The summed E-state index contributed by atoms with van der Waals surface area (Å²) in [4.78, 5) is 12.1. The molecule has 2 aromatic carbocycles. The first-order valence-electron chi connectivity index (χ1n) is 5.90. The van der Waals surface area contributed by atoms with Crippen LogP contribution < -0.4 is 11.1 Å². The van der Waals surface area contributed by atoms with Crippen molar-refractivity contribution in [3.8, 4) is 0 Å². The topological polar surface area (TPSA) is 55.1 Å². The average Bonchev–Trinajstić information content (AvgIpc) is 2.32. The lowest BCUT2D eigenvalue weighted by atomic mass is 10.1. The molecule has 3 nitrogen and oxygen atoms in total. The third-order valence-corrected chi connectivity index (χ3v) is 2.81. The lowest BCUT2D eigenvalue weighted by Crippen LogP contribution is -2.13. The molecule has 0 fully saturated rings. The Bertz CT molecular complexity index is 618. The van der Waals surface area contributed by atoms with Crippen LogP contribution >= 0.6 is 0 Å². The molecule has 1 amide bonds. The Balaban J connectivity index is 2.28. The first-order chi connectivity index (χ1) is 8.95. The van der Waals surface area contributed by atoms with Gasteiger partial charge in [0.2, 0.25) is 0 Å². The maximum atomic E-state index is 13.2. The van der Waals surface area contributed by atoms with Crippen LogP contribution in [0.1, 0.15) is 21.5 Å². The second-order valence-electron chi connectivity index (χ2n) is 4.55. The molecule has 0 spiro atoms. The smallest absolute Gasteiger partial charge is 0.255 e. The van der Waals surface area contributed by atoms with Gasteiger partial charge in [-0.25, -0.2) is 4.39 Å². The molecule has 4 heteroatoms. The minimum absolute atomic E-state index is 0.302. The maximum Gasteiger partial charge on any atom is 0.255 e. The molecular weight excluding hydrogens is 243 g/mol. The van der Waals surface area contributed by atoms with Gasteiger partial charge in [-0.05, 0) is 55.3 Å². The second kappa shape index (κ2) is 5.10. The lowest BCUT2D eigenvalue weighted by Gasteiger charge is -2.09. The van der Waals surface area contributed by atoms with Crippen molar-refractivity contribution in [1.82, 2.24) is 0 Å². The van der Waals surface area contributed by atoms with Crippen LogP contribution in [0.25, 0.3) is 0 Å². The average molecular weight is 258 g/mol. The van der Waals surface area contributed by atoms with E-state index in [0.29, 0.717) is 16.9 Å². The number of aryl methyl sites for hydroxylation is 2. The first-order valence-corrected chi connectivity index (χ1v) is 5.90. The summed E-state index contributed by atoms with van der Waals surface area (Å²) in [6.45, 7) is 3.67. The Kier molecular flexibility index (Phi) is 3.51. The van der Waals surface area contributed by atoms with Crippen LogP contribution in [-0.4, -0.2) is 5.91 Å². The molecule has 98 valence electrons. The predicted octanol–water partition coefficient (Wildman–Crippen LogP) is 3.28. The van der Waals surface area contributed by atoms with E-state index in [0.717, 1.165) is 11.1 Å². The molecule has 0 saturated carbocycles. The molecule has 0 heterocycles. The zero-order valence-electron chi connectivity index (χ0n) is 10.8. The number of hydrogen-bond acceptors (Lipinski definition) is 2. The Hall–Kier alpha value is -2.36. The Morgan fingerprint density at radius 1 is 1.16 bits per heavy atom. The van der Waals surface area contributed by atoms with Gasteiger partial charge in [-0.15, -0.1) is 0 Å². The number of carbonyl (C=O) groups is 1. The van der Waals surface area contributed by atoms with E-state index in [2.05, 4.69) is 5.32 Å². The number of anilines is 2. The molecule has 0 atom stereocenters. The highest BCUT2D eigenvalue weighted by Crippen LogP contribution is 2.18. The summed E-state index contributed by atoms with van der Waals surface area (Å²) in [7, 11) is 0. The van der Waals surface area contributed by atoms with E-state index >= 15 is 0 Å². The minimum Gasteiger partial charge on any atom is -0.399 e. The van der Waals surface area contributed by atoms with Crippen molar-refractivity contribution in [3.63, 3.8) is 0 Å².